The van der Waals surface area contributed by atoms with E-state index in [9.17, 15) is 18.0 Å². The highest BCUT2D eigenvalue weighted by Gasteiger charge is 2.40. The van der Waals surface area contributed by atoms with Crippen LogP contribution in [0.3, 0.4) is 0 Å². The van der Waals surface area contributed by atoms with Crippen LogP contribution in [0, 0.1) is 0 Å². The maximum absolute atomic E-state index is 13.5. The molecule has 0 saturated carbocycles. The molecule has 2 heterocycles. The van der Waals surface area contributed by atoms with Crippen LogP contribution in [0.25, 0.3) is 11.4 Å². The summed E-state index contributed by atoms with van der Waals surface area (Å²) < 4.78 is 24.0. The highest BCUT2D eigenvalue weighted by Crippen LogP contribution is 2.38. The van der Waals surface area contributed by atoms with E-state index in [1.807, 2.05) is 31.2 Å². The van der Waals surface area contributed by atoms with Gasteiger partial charge in [0.1, 0.15) is 5.82 Å². The van der Waals surface area contributed by atoms with Crippen molar-refractivity contribution in [2.75, 3.05) is 11.1 Å². The molecular formula is C27H26N6O4S. The number of H-pyrrole nitrogens is 1. The number of amides is 1. The molecule has 11 heteroatoms. The number of aryl methyl sites for hydroxylation is 1. The zero-order valence-corrected chi connectivity index (χ0v) is 21.7. The van der Waals surface area contributed by atoms with Crippen LogP contribution in [-0.4, -0.2) is 51.5 Å². The molecule has 0 fully saturated rings. The average molecular weight is 531 g/mol. The first-order chi connectivity index (χ1) is 18.2. The van der Waals surface area contributed by atoms with Gasteiger partial charge in [-0.2, -0.15) is 5.21 Å². The fraction of sp³-hybridized carbons (Fsp3) is 0.259. The second kappa shape index (κ2) is 9.90. The van der Waals surface area contributed by atoms with E-state index in [2.05, 4.69) is 30.9 Å². The third-order valence-corrected chi connectivity index (χ3v) is 8.75. The number of ketones is 1. The van der Waals surface area contributed by atoms with Gasteiger partial charge in [-0.25, -0.2) is 13.4 Å². The van der Waals surface area contributed by atoms with E-state index < -0.39 is 15.3 Å². The number of benzene rings is 2. The third-order valence-electron chi connectivity index (χ3n) is 7.00. The lowest BCUT2D eigenvalue weighted by atomic mass is 9.69. The van der Waals surface area contributed by atoms with E-state index in [0.29, 0.717) is 41.3 Å². The van der Waals surface area contributed by atoms with E-state index in [4.69, 9.17) is 0 Å². The summed E-state index contributed by atoms with van der Waals surface area (Å²) >= 11 is 0. The first kappa shape index (κ1) is 25.4. The number of Topliss-reactive ketones (excluding diaryl/α,β-unsaturated/α-hetero) is 1. The number of pyridine rings is 1. The van der Waals surface area contributed by atoms with E-state index in [-0.39, 0.29) is 28.8 Å². The number of aromatic nitrogens is 5. The summed E-state index contributed by atoms with van der Waals surface area (Å²) in [6, 6.07) is 17.2. The molecule has 5 rings (SSSR count). The summed E-state index contributed by atoms with van der Waals surface area (Å²) in [4.78, 5) is 30.9. The molecular weight excluding hydrogens is 504 g/mol. The number of carbonyl (C=O) groups is 2. The normalized spacial score (nSPS) is 17.2. The smallest absolute Gasteiger partial charge is 0.229 e. The van der Waals surface area contributed by atoms with Gasteiger partial charge >= 0.3 is 0 Å². The lowest BCUT2D eigenvalue weighted by molar-refractivity contribution is -0.115. The fourth-order valence-corrected chi connectivity index (χ4v) is 5.53. The Kier molecular flexibility index (Phi) is 6.62. The van der Waals surface area contributed by atoms with Gasteiger partial charge < -0.3 is 5.32 Å². The highest BCUT2D eigenvalue weighted by atomic mass is 32.2. The van der Waals surface area contributed by atoms with Gasteiger partial charge in [0.15, 0.2) is 15.6 Å². The maximum atomic E-state index is 13.5. The van der Waals surface area contributed by atoms with Gasteiger partial charge in [-0.15, -0.1) is 10.2 Å². The molecule has 2 aromatic carbocycles. The molecule has 1 amide bonds. The van der Waals surface area contributed by atoms with Crippen LogP contribution in [0.4, 0.5) is 5.82 Å². The summed E-state index contributed by atoms with van der Waals surface area (Å²) in [6.45, 7) is 3.53. The number of nitrogens with one attached hydrogen (secondary N) is 2. The number of carbonyl (C=O) groups excluding carboxylic acids is 2. The van der Waals surface area contributed by atoms with Crippen LogP contribution in [-0.2, 0) is 32.9 Å². The van der Waals surface area contributed by atoms with Crippen molar-refractivity contribution in [3.63, 3.8) is 0 Å². The number of aromatic amines is 1. The van der Waals surface area contributed by atoms with Crippen LogP contribution in [0.5, 0.6) is 0 Å². The standard InChI is InChI=1S/C27H26N6O4S/c1-3-38(36,37)20-10-4-17(5-11-20)16-24(34)29-23-13-12-21-22(28-23)14-15-27(2,25(21)35)19-8-6-18(7-9-19)26-30-32-33-31-26/h4-13H,3,14-16H2,1-2H3,(H,28,29,34)(H,30,31,32,33). The first-order valence-corrected chi connectivity index (χ1v) is 13.9. The number of tetrazole rings is 1. The maximum Gasteiger partial charge on any atom is 0.229 e. The van der Waals surface area contributed by atoms with Crippen molar-refractivity contribution in [2.24, 2.45) is 0 Å². The minimum atomic E-state index is -3.29. The summed E-state index contributed by atoms with van der Waals surface area (Å²) in [6.07, 6.45) is 1.24. The summed E-state index contributed by atoms with van der Waals surface area (Å²) in [5, 5.41) is 16.8. The van der Waals surface area contributed by atoms with Crippen LogP contribution in [0.1, 0.15) is 47.4 Å². The average Bonchev–Trinajstić information content (AvgIpc) is 3.46. The molecule has 2 aromatic heterocycles. The Hall–Kier alpha value is -4.25. The van der Waals surface area contributed by atoms with Crippen molar-refractivity contribution in [2.45, 2.75) is 43.4 Å². The van der Waals surface area contributed by atoms with Crippen LogP contribution < -0.4 is 5.32 Å². The Balaban J connectivity index is 1.27. The van der Waals surface area contributed by atoms with Gasteiger partial charge in [-0.3, -0.25) is 9.59 Å². The van der Waals surface area contributed by atoms with Crippen molar-refractivity contribution < 1.29 is 18.0 Å². The first-order valence-electron chi connectivity index (χ1n) is 12.2. The van der Waals surface area contributed by atoms with Crippen molar-refractivity contribution in [1.29, 1.82) is 0 Å². The number of nitrogens with zero attached hydrogens (tertiary/aromatic N) is 4. The van der Waals surface area contributed by atoms with Crippen LogP contribution in [0.15, 0.2) is 65.6 Å². The topological polar surface area (TPSA) is 148 Å². The minimum Gasteiger partial charge on any atom is -0.310 e. The van der Waals surface area contributed by atoms with Gasteiger partial charge in [0.2, 0.25) is 11.7 Å². The predicted molar refractivity (Wildman–Crippen MR) is 140 cm³/mol. The van der Waals surface area contributed by atoms with E-state index >= 15 is 0 Å². The molecule has 1 unspecified atom stereocenters. The summed E-state index contributed by atoms with van der Waals surface area (Å²) in [5.74, 6) is 0.588. The van der Waals surface area contributed by atoms with Crippen LogP contribution >= 0.6 is 0 Å². The zero-order chi connectivity index (χ0) is 26.9. The number of hydrogen-bond acceptors (Lipinski definition) is 8. The molecule has 0 bridgehead atoms. The molecule has 0 saturated heterocycles. The summed E-state index contributed by atoms with van der Waals surface area (Å²) in [7, 11) is -3.29. The van der Waals surface area contributed by atoms with Gasteiger partial charge in [-0.05, 0) is 60.4 Å². The second-order valence-electron chi connectivity index (χ2n) is 9.44. The number of hydrogen-bond donors (Lipinski definition) is 2. The Morgan fingerprint density at radius 3 is 2.45 bits per heavy atom. The van der Waals surface area contributed by atoms with Crippen molar-refractivity contribution in [3.8, 4) is 11.4 Å². The Morgan fingerprint density at radius 1 is 1.05 bits per heavy atom. The van der Waals surface area contributed by atoms with Gasteiger partial charge in [0, 0.05) is 11.1 Å². The van der Waals surface area contributed by atoms with Gasteiger partial charge in [0.25, 0.3) is 0 Å². The fourth-order valence-electron chi connectivity index (χ4n) is 4.65. The quantitative estimate of drug-likeness (QED) is 0.370. The molecule has 38 heavy (non-hydrogen) atoms. The Morgan fingerprint density at radius 2 is 1.79 bits per heavy atom. The van der Waals surface area contributed by atoms with Crippen LogP contribution in [0.2, 0.25) is 0 Å². The number of rotatable bonds is 7. The second-order valence-corrected chi connectivity index (χ2v) is 11.7. The third kappa shape index (κ3) is 4.84. The molecule has 1 atom stereocenters. The SMILES string of the molecule is CCS(=O)(=O)c1ccc(CC(=O)Nc2ccc3c(n2)CCC(C)(c2ccc(-c4nn[nH]n4)cc2)C3=O)cc1. The van der Waals surface area contributed by atoms with E-state index in [1.165, 1.54) is 12.1 Å². The Bertz CT molecular complexity index is 1600. The zero-order valence-electron chi connectivity index (χ0n) is 20.9. The van der Waals surface area contributed by atoms with Crippen molar-refractivity contribution in [1.82, 2.24) is 25.6 Å². The molecule has 10 nitrogen and oxygen atoms in total. The largest absolute Gasteiger partial charge is 0.310 e. The summed E-state index contributed by atoms with van der Waals surface area (Å²) in [5.41, 5.74) is 2.89. The van der Waals surface area contributed by atoms with E-state index in [0.717, 1.165) is 11.1 Å². The lowest BCUT2D eigenvalue weighted by Crippen LogP contribution is -2.38. The molecule has 1 aliphatic carbocycles. The monoisotopic (exact) mass is 530 g/mol. The van der Waals surface area contributed by atoms with Gasteiger partial charge in [0.05, 0.1) is 28.2 Å². The molecule has 0 aliphatic heterocycles. The molecule has 2 N–H and O–H groups in total. The minimum absolute atomic E-state index is 0.0152. The molecule has 194 valence electrons. The highest BCUT2D eigenvalue weighted by molar-refractivity contribution is 7.91. The molecule has 4 aromatic rings. The number of anilines is 1. The van der Waals surface area contributed by atoms with Crippen molar-refractivity contribution in [3.05, 3.63) is 83.0 Å². The molecule has 0 radical (unpaired) electrons. The molecule has 1 aliphatic rings. The number of fused-ring (bicyclic) bond motifs is 1. The lowest BCUT2D eigenvalue weighted by Gasteiger charge is -2.33. The molecule has 0 spiro atoms. The Labute approximate surface area is 219 Å². The predicted octanol–water partition coefficient (Wildman–Crippen LogP) is 3.32. The number of sulfone groups is 1. The van der Waals surface area contributed by atoms with Gasteiger partial charge in [-0.1, -0.05) is 43.3 Å². The van der Waals surface area contributed by atoms with Crippen molar-refractivity contribution >= 4 is 27.3 Å². The van der Waals surface area contributed by atoms with E-state index in [1.54, 1.807) is 31.2 Å².